The molecule has 248 valence electrons. The molecule has 46 heavy (non-hydrogen) atoms. The molecule has 11 heteroatoms. The molecule has 0 saturated carbocycles. The molecule has 1 aliphatic carbocycles. The summed E-state index contributed by atoms with van der Waals surface area (Å²) in [4.78, 5) is 66.7. The third-order valence-corrected chi connectivity index (χ3v) is 9.11. The van der Waals surface area contributed by atoms with Gasteiger partial charge in [0.2, 0.25) is 5.78 Å². The molecule has 0 fully saturated rings. The minimum Gasteiger partial charge on any atom is -0.507 e. The molecule has 1 aromatic carbocycles. The zero-order chi connectivity index (χ0) is 34.8. The van der Waals surface area contributed by atoms with Crippen molar-refractivity contribution in [2.75, 3.05) is 6.61 Å². The van der Waals surface area contributed by atoms with Crippen molar-refractivity contribution in [1.29, 1.82) is 0 Å². The zero-order valence-electron chi connectivity index (χ0n) is 27.1. The lowest BCUT2D eigenvalue weighted by molar-refractivity contribution is -0.136. The van der Waals surface area contributed by atoms with Crippen molar-refractivity contribution < 1.29 is 49.5 Å². The summed E-state index contributed by atoms with van der Waals surface area (Å²) in [6, 6.07) is 1.26. The van der Waals surface area contributed by atoms with Gasteiger partial charge >= 0.3 is 0 Å². The molecule has 2 aliphatic heterocycles. The van der Waals surface area contributed by atoms with E-state index in [2.05, 4.69) is 5.32 Å². The van der Waals surface area contributed by atoms with Gasteiger partial charge in [0.05, 0.1) is 36.2 Å². The van der Waals surface area contributed by atoms with Gasteiger partial charge in [0.25, 0.3) is 5.91 Å². The van der Waals surface area contributed by atoms with Gasteiger partial charge in [-0.15, -0.1) is 0 Å². The van der Waals surface area contributed by atoms with Crippen molar-refractivity contribution in [1.82, 2.24) is 5.32 Å². The van der Waals surface area contributed by atoms with Crippen LogP contribution in [0.15, 0.2) is 53.3 Å². The van der Waals surface area contributed by atoms with Crippen molar-refractivity contribution in [3.63, 3.8) is 0 Å². The van der Waals surface area contributed by atoms with Crippen LogP contribution in [0.5, 0.6) is 5.75 Å². The quantitative estimate of drug-likeness (QED) is 0.266. The SMILES string of the molecule is C/C1=C/C=C\C(C)C(O)C(C)C(=O)C(C)C(O)C(C)C(O)C(CO)/C=C(/C)C(=O)c2c(O)c(C)cc3c2C(=O)C=C(NC1=O)C3=O. The van der Waals surface area contributed by atoms with Crippen LogP contribution in [0, 0.1) is 36.5 Å². The van der Waals surface area contributed by atoms with Gasteiger partial charge in [-0.2, -0.15) is 0 Å². The van der Waals surface area contributed by atoms with Crippen molar-refractivity contribution in [2.24, 2.45) is 29.6 Å². The van der Waals surface area contributed by atoms with E-state index in [0.717, 1.165) is 6.08 Å². The number of aliphatic hydroxyl groups is 4. The van der Waals surface area contributed by atoms with E-state index in [9.17, 15) is 49.5 Å². The number of hydrogen-bond donors (Lipinski definition) is 6. The van der Waals surface area contributed by atoms with E-state index in [-0.39, 0.29) is 33.5 Å². The first-order valence-electron chi connectivity index (χ1n) is 15.2. The molecule has 4 bridgehead atoms. The highest BCUT2D eigenvalue weighted by molar-refractivity contribution is 6.30. The Bertz CT molecular complexity index is 1560. The maximum Gasteiger partial charge on any atom is 0.251 e. The molecule has 0 saturated heterocycles. The number of ketones is 4. The number of Topliss-reactive ketones (excluding diaryl/α,β-unsaturated/α-hetero) is 3. The average molecular weight is 638 g/mol. The van der Waals surface area contributed by atoms with E-state index in [4.69, 9.17) is 0 Å². The van der Waals surface area contributed by atoms with Crippen LogP contribution in [0.4, 0.5) is 0 Å². The number of allylic oxidation sites excluding steroid dienone is 5. The minimum atomic E-state index is -1.44. The summed E-state index contributed by atoms with van der Waals surface area (Å²) in [6.07, 6.45) is 2.70. The third-order valence-electron chi connectivity index (χ3n) is 9.11. The molecule has 4 rings (SSSR count). The molecule has 3 aliphatic rings. The van der Waals surface area contributed by atoms with Crippen molar-refractivity contribution in [3.8, 4) is 5.75 Å². The van der Waals surface area contributed by atoms with Crippen LogP contribution >= 0.6 is 0 Å². The number of phenols is 1. The second kappa shape index (κ2) is 14.6. The number of carbonyl (C=O) groups excluding carboxylic acids is 5. The molecule has 8 unspecified atom stereocenters. The highest BCUT2D eigenvalue weighted by Gasteiger charge is 2.38. The average Bonchev–Trinajstić information content (AvgIpc) is 3.03. The molecule has 0 spiro atoms. The van der Waals surface area contributed by atoms with Crippen LogP contribution in [0.25, 0.3) is 0 Å². The van der Waals surface area contributed by atoms with E-state index in [1.54, 1.807) is 13.0 Å². The highest BCUT2D eigenvalue weighted by Crippen LogP contribution is 2.35. The Morgan fingerprint density at radius 2 is 1.41 bits per heavy atom. The first-order valence-corrected chi connectivity index (χ1v) is 15.2. The van der Waals surface area contributed by atoms with Crippen molar-refractivity contribution >= 4 is 29.0 Å². The van der Waals surface area contributed by atoms with Crippen LogP contribution in [0.1, 0.15) is 78.2 Å². The summed E-state index contributed by atoms with van der Waals surface area (Å²) in [7, 11) is 0. The van der Waals surface area contributed by atoms with Gasteiger partial charge in [-0.1, -0.05) is 52.0 Å². The lowest BCUT2D eigenvalue weighted by atomic mass is 9.77. The monoisotopic (exact) mass is 637 g/mol. The predicted octanol–water partition coefficient (Wildman–Crippen LogP) is 2.53. The minimum absolute atomic E-state index is 0.0762. The van der Waals surface area contributed by atoms with E-state index in [1.165, 1.54) is 65.8 Å². The molecular weight excluding hydrogens is 594 g/mol. The summed E-state index contributed by atoms with van der Waals surface area (Å²) >= 11 is 0. The second-order valence-electron chi connectivity index (χ2n) is 12.5. The summed E-state index contributed by atoms with van der Waals surface area (Å²) in [5, 5.41) is 56.6. The molecule has 6 N–H and O–H groups in total. The Hall–Kier alpha value is -4.03. The smallest absolute Gasteiger partial charge is 0.251 e. The largest absolute Gasteiger partial charge is 0.507 e. The topological polar surface area (TPSA) is 199 Å². The van der Waals surface area contributed by atoms with Crippen LogP contribution in [0.2, 0.25) is 0 Å². The first-order chi connectivity index (χ1) is 21.4. The molecule has 1 amide bonds. The number of nitrogens with one attached hydrogen (secondary N) is 1. The lowest BCUT2D eigenvalue weighted by Crippen LogP contribution is -2.44. The molecule has 11 nitrogen and oxygen atoms in total. The second-order valence-corrected chi connectivity index (χ2v) is 12.5. The molecule has 0 radical (unpaired) electrons. The summed E-state index contributed by atoms with van der Waals surface area (Å²) < 4.78 is 0. The van der Waals surface area contributed by atoms with E-state index in [1.807, 2.05) is 0 Å². The van der Waals surface area contributed by atoms with Crippen LogP contribution in [0.3, 0.4) is 0 Å². The first kappa shape index (κ1) is 36.4. The normalized spacial score (nSPS) is 33.5. The number of carbonyl (C=O) groups is 5. The Morgan fingerprint density at radius 3 is 2.02 bits per heavy atom. The fourth-order valence-corrected chi connectivity index (χ4v) is 5.86. The van der Waals surface area contributed by atoms with Crippen LogP contribution in [-0.2, 0) is 9.59 Å². The van der Waals surface area contributed by atoms with E-state index in [0.29, 0.717) is 0 Å². The van der Waals surface area contributed by atoms with Crippen molar-refractivity contribution in [2.45, 2.75) is 66.8 Å². The number of fused-ring (bicyclic) bond motifs is 15. The van der Waals surface area contributed by atoms with Gasteiger partial charge < -0.3 is 30.8 Å². The van der Waals surface area contributed by atoms with Crippen molar-refractivity contribution in [3.05, 3.63) is 75.5 Å². The highest BCUT2D eigenvalue weighted by atomic mass is 16.3. The third kappa shape index (κ3) is 7.18. The maximum atomic E-state index is 13.7. The van der Waals surface area contributed by atoms with E-state index < -0.39 is 94.9 Å². The number of benzene rings is 1. The fourth-order valence-electron chi connectivity index (χ4n) is 5.86. The Balaban J connectivity index is 2.19. The Morgan fingerprint density at radius 1 is 0.804 bits per heavy atom. The van der Waals surface area contributed by atoms with Gasteiger partial charge in [-0.25, -0.2) is 0 Å². The van der Waals surface area contributed by atoms with Gasteiger partial charge in [-0.3, -0.25) is 24.0 Å². The molecule has 8 atom stereocenters. The van der Waals surface area contributed by atoms with Crippen LogP contribution in [-0.4, -0.2) is 79.5 Å². The number of amides is 1. The van der Waals surface area contributed by atoms with Gasteiger partial charge in [-0.05, 0) is 38.0 Å². The predicted molar refractivity (Wildman–Crippen MR) is 169 cm³/mol. The number of aliphatic hydroxyl groups excluding tert-OH is 4. The molecule has 0 aromatic heterocycles. The van der Waals surface area contributed by atoms with Crippen LogP contribution < -0.4 is 5.32 Å². The molecule has 1 aromatic rings. The fraction of sp³-hybridized carbons (Fsp3) is 0.457. The summed E-state index contributed by atoms with van der Waals surface area (Å²) in [6.45, 7) is 9.78. The lowest BCUT2D eigenvalue weighted by Gasteiger charge is -2.33. The zero-order valence-corrected chi connectivity index (χ0v) is 27.1. The Labute approximate surface area is 268 Å². The van der Waals surface area contributed by atoms with Gasteiger partial charge in [0.1, 0.15) is 11.5 Å². The molecule has 2 heterocycles. The summed E-state index contributed by atoms with van der Waals surface area (Å²) in [5.74, 6) is -8.61. The van der Waals surface area contributed by atoms with E-state index >= 15 is 0 Å². The number of phenolic OH excluding ortho intramolecular Hbond substituents is 1. The summed E-state index contributed by atoms with van der Waals surface area (Å²) in [5.41, 5.74) is -1.11. The number of aryl methyl sites for hydroxylation is 1. The number of hydrogen-bond acceptors (Lipinski definition) is 10. The Kier molecular flexibility index (Phi) is 11.6. The standard InChI is InChI=1S/C35H43NO10/c1-15-9-8-10-16(2)35(46)36-24-13-25(38)26-23(34(24)45)12-18(4)30(41)27(26)29(40)17(3)11-22(14-37)33(44)21(7)32(43)20(6)31(42)19(5)28(15)39/h8-13,15,19-22,28,32-33,37,39,41,43-44H,14H2,1-7H3,(H,36,46)/b9-8-,16-10-,17-11-. The number of aromatic hydroxyl groups is 1. The number of rotatable bonds is 1. The van der Waals surface area contributed by atoms with Gasteiger partial charge in [0, 0.05) is 52.4 Å². The van der Waals surface area contributed by atoms with Gasteiger partial charge in [0.15, 0.2) is 11.6 Å². The maximum absolute atomic E-state index is 13.7. The molecular formula is C35H43NO10.